The summed E-state index contributed by atoms with van der Waals surface area (Å²) >= 11 is 6.00. The molecular weight excluding hydrogens is 294 g/mol. The first kappa shape index (κ1) is 15.1. The molecule has 21 heavy (non-hydrogen) atoms. The van der Waals surface area contributed by atoms with Crippen LogP contribution in [0.3, 0.4) is 0 Å². The second kappa shape index (κ2) is 6.96. The molecule has 0 atom stereocenters. The number of aromatic hydroxyl groups is 2. The fourth-order valence-corrected chi connectivity index (χ4v) is 1.75. The molecule has 0 aliphatic carbocycles. The minimum Gasteiger partial charge on any atom is -0.504 e. The molecule has 1 aromatic heterocycles. The molecule has 0 saturated heterocycles. The summed E-state index contributed by atoms with van der Waals surface area (Å²) < 4.78 is 0. The zero-order valence-corrected chi connectivity index (χ0v) is 11.9. The fraction of sp³-hybridized carbons (Fsp3) is 0.231. The van der Waals surface area contributed by atoms with Crippen molar-refractivity contribution < 1.29 is 10.2 Å². The molecule has 1 heterocycles. The smallest absolute Gasteiger partial charge is 0.229 e. The number of aromatic nitrogens is 2. The van der Waals surface area contributed by atoms with E-state index in [1.54, 1.807) is 6.07 Å². The van der Waals surface area contributed by atoms with Gasteiger partial charge in [-0.2, -0.15) is 4.98 Å². The van der Waals surface area contributed by atoms with Gasteiger partial charge in [-0.25, -0.2) is 4.98 Å². The number of nitrogens with one attached hydrogen (secondary N) is 2. The first-order valence-corrected chi connectivity index (χ1v) is 6.73. The van der Waals surface area contributed by atoms with E-state index < -0.39 is 0 Å². The zero-order valence-electron chi connectivity index (χ0n) is 11.2. The molecule has 0 radical (unpaired) electrons. The van der Waals surface area contributed by atoms with Gasteiger partial charge in [0, 0.05) is 18.3 Å². The molecule has 112 valence electrons. The summed E-state index contributed by atoms with van der Waals surface area (Å²) in [5.74, 6) is 0.405. The molecule has 7 nitrogen and oxygen atoms in total. The zero-order chi connectivity index (χ0) is 15.2. The van der Waals surface area contributed by atoms with E-state index >= 15 is 0 Å². The summed E-state index contributed by atoms with van der Waals surface area (Å²) in [5, 5.41) is 25.1. The molecule has 0 aliphatic rings. The summed E-state index contributed by atoms with van der Waals surface area (Å²) in [6.07, 6.45) is 2.27. The van der Waals surface area contributed by atoms with Gasteiger partial charge in [0.1, 0.15) is 10.8 Å². The first-order valence-electron chi connectivity index (χ1n) is 6.35. The van der Waals surface area contributed by atoms with E-state index in [1.165, 1.54) is 18.3 Å². The SMILES string of the molecule is NCCCNc1nc(Nc2ccc(O)c(O)c2)ncc1Cl. The average molecular weight is 310 g/mol. The van der Waals surface area contributed by atoms with Crippen LogP contribution < -0.4 is 16.4 Å². The molecule has 0 amide bonds. The van der Waals surface area contributed by atoms with Gasteiger partial charge in [0.05, 0.1) is 6.20 Å². The van der Waals surface area contributed by atoms with E-state index in [9.17, 15) is 10.2 Å². The molecular formula is C13H16ClN5O2. The summed E-state index contributed by atoms with van der Waals surface area (Å²) in [6, 6.07) is 4.33. The quantitative estimate of drug-likeness (QED) is 0.315. The third kappa shape index (κ3) is 4.11. The third-order valence-electron chi connectivity index (χ3n) is 2.65. The second-order valence-corrected chi connectivity index (χ2v) is 4.69. The van der Waals surface area contributed by atoms with Crippen LogP contribution in [-0.4, -0.2) is 33.3 Å². The molecule has 2 rings (SSSR count). The number of rotatable bonds is 6. The number of nitrogens with zero attached hydrogens (tertiary/aromatic N) is 2. The number of halogens is 1. The van der Waals surface area contributed by atoms with Crippen molar-refractivity contribution >= 4 is 29.1 Å². The van der Waals surface area contributed by atoms with Crippen molar-refractivity contribution in [3.05, 3.63) is 29.4 Å². The number of phenols is 2. The van der Waals surface area contributed by atoms with E-state index in [2.05, 4.69) is 20.6 Å². The van der Waals surface area contributed by atoms with Gasteiger partial charge < -0.3 is 26.6 Å². The van der Waals surface area contributed by atoms with Gasteiger partial charge in [-0.15, -0.1) is 0 Å². The van der Waals surface area contributed by atoms with E-state index in [4.69, 9.17) is 17.3 Å². The van der Waals surface area contributed by atoms with Crippen LogP contribution in [0.1, 0.15) is 6.42 Å². The predicted molar refractivity (Wildman–Crippen MR) is 82.3 cm³/mol. The lowest BCUT2D eigenvalue weighted by Crippen LogP contribution is -2.10. The maximum Gasteiger partial charge on any atom is 0.229 e. The molecule has 0 unspecified atom stereocenters. The number of nitrogens with two attached hydrogens (primary N) is 1. The van der Waals surface area contributed by atoms with E-state index in [0.717, 1.165) is 6.42 Å². The molecule has 2 aromatic rings. The van der Waals surface area contributed by atoms with Crippen molar-refractivity contribution in [2.75, 3.05) is 23.7 Å². The lowest BCUT2D eigenvalue weighted by atomic mass is 10.3. The Morgan fingerprint density at radius 1 is 1.24 bits per heavy atom. The lowest BCUT2D eigenvalue weighted by Gasteiger charge is -2.10. The Labute approximate surface area is 126 Å². The topological polar surface area (TPSA) is 116 Å². The van der Waals surface area contributed by atoms with Crippen molar-refractivity contribution in [3.63, 3.8) is 0 Å². The number of hydrogen-bond acceptors (Lipinski definition) is 7. The van der Waals surface area contributed by atoms with Crippen LogP contribution in [-0.2, 0) is 0 Å². The van der Waals surface area contributed by atoms with Crippen LogP contribution in [0.2, 0.25) is 5.02 Å². The highest BCUT2D eigenvalue weighted by atomic mass is 35.5. The summed E-state index contributed by atoms with van der Waals surface area (Å²) in [4.78, 5) is 8.29. The van der Waals surface area contributed by atoms with Crippen LogP contribution in [0, 0.1) is 0 Å². The van der Waals surface area contributed by atoms with E-state index in [1.807, 2.05) is 0 Å². The van der Waals surface area contributed by atoms with Crippen LogP contribution in [0.15, 0.2) is 24.4 Å². The number of anilines is 3. The van der Waals surface area contributed by atoms with Gasteiger partial charge in [-0.3, -0.25) is 0 Å². The minimum absolute atomic E-state index is 0.193. The van der Waals surface area contributed by atoms with Gasteiger partial charge in [-0.05, 0) is 25.1 Å². The maximum absolute atomic E-state index is 9.44. The minimum atomic E-state index is -0.227. The monoisotopic (exact) mass is 309 g/mol. The molecule has 0 saturated carbocycles. The Balaban J connectivity index is 2.12. The normalized spacial score (nSPS) is 10.4. The molecule has 0 bridgehead atoms. The van der Waals surface area contributed by atoms with Crippen molar-refractivity contribution in [2.24, 2.45) is 5.73 Å². The van der Waals surface area contributed by atoms with Gasteiger partial charge >= 0.3 is 0 Å². The first-order chi connectivity index (χ1) is 10.1. The Bertz CT molecular complexity index is 624. The van der Waals surface area contributed by atoms with Gasteiger partial charge in [-0.1, -0.05) is 11.6 Å². The Morgan fingerprint density at radius 2 is 2.05 bits per heavy atom. The van der Waals surface area contributed by atoms with Gasteiger partial charge in [0.15, 0.2) is 11.5 Å². The van der Waals surface area contributed by atoms with Crippen molar-refractivity contribution in [1.29, 1.82) is 0 Å². The van der Waals surface area contributed by atoms with Crippen LogP contribution >= 0.6 is 11.6 Å². The van der Waals surface area contributed by atoms with E-state index in [-0.39, 0.29) is 11.5 Å². The maximum atomic E-state index is 9.44. The Hall–Kier alpha value is -2.25. The highest BCUT2D eigenvalue weighted by molar-refractivity contribution is 6.32. The van der Waals surface area contributed by atoms with Crippen LogP contribution in [0.5, 0.6) is 11.5 Å². The van der Waals surface area contributed by atoms with Crippen LogP contribution in [0.4, 0.5) is 17.5 Å². The lowest BCUT2D eigenvalue weighted by molar-refractivity contribution is 0.404. The highest BCUT2D eigenvalue weighted by Gasteiger charge is 2.06. The largest absolute Gasteiger partial charge is 0.504 e. The summed E-state index contributed by atoms with van der Waals surface area (Å²) in [7, 11) is 0. The molecule has 6 N–H and O–H groups in total. The van der Waals surface area contributed by atoms with Gasteiger partial charge in [0.25, 0.3) is 0 Å². The van der Waals surface area contributed by atoms with Crippen molar-refractivity contribution in [1.82, 2.24) is 9.97 Å². The van der Waals surface area contributed by atoms with Crippen molar-refractivity contribution in [2.45, 2.75) is 6.42 Å². The molecule has 0 spiro atoms. The predicted octanol–water partition coefficient (Wildman–Crippen LogP) is 2.05. The highest BCUT2D eigenvalue weighted by Crippen LogP contribution is 2.29. The molecule has 8 heteroatoms. The number of phenolic OH excluding ortho intramolecular Hbond substituents is 2. The molecule has 0 aliphatic heterocycles. The molecule has 1 aromatic carbocycles. The third-order valence-corrected chi connectivity index (χ3v) is 2.93. The Morgan fingerprint density at radius 3 is 2.76 bits per heavy atom. The number of hydrogen-bond donors (Lipinski definition) is 5. The molecule has 0 fully saturated rings. The standard InChI is InChI=1S/C13H16ClN5O2/c14-9-7-17-13(19-12(9)16-5-1-4-15)18-8-2-3-10(20)11(21)6-8/h2-3,6-7,20-21H,1,4-5,15H2,(H2,16,17,18,19). The number of benzene rings is 1. The van der Waals surface area contributed by atoms with Crippen LogP contribution in [0.25, 0.3) is 0 Å². The Kier molecular flexibility index (Phi) is 5.02. The summed E-state index contributed by atoms with van der Waals surface area (Å²) in [5.41, 5.74) is 5.97. The van der Waals surface area contributed by atoms with E-state index in [0.29, 0.717) is 35.6 Å². The summed E-state index contributed by atoms with van der Waals surface area (Å²) in [6.45, 7) is 1.24. The fourth-order valence-electron chi connectivity index (χ4n) is 1.59. The average Bonchev–Trinajstić information content (AvgIpc) is 2.46. The van der Waals surface area contributed by atoms with Gasteiger partial charge in [0.2, 0.25) is 5.95 Å². The van der Waals surface area contributed by atoms with Crippen molar-refractivity contribution in [3.8, 4) is 11.5 Å². The second-order valence-electron chi connectivity index (χ2n) is 4.29.